The van der Waals surface area contributed by atoms with Crippen molar-refractivity contribution in [2.24, 2.45) is 0 Å². The highest BCUT2D eigenvalue weighted by atomic mass is 28.3. The van der Waals surface area contributed by atoms with Gasteiger partial charge in [0.2, 0.25) is 0 Å². The molecule has 0 spiro atoms. The van der Waals surface area contributed by atoms with Crippen molar-refractivity contribution >= 4 is 21.2 Å². The lowest BCUT2D eigenvalue weighted by atomic mass is 10.4. The molecule has 0 rings (SSSR count). The molecule has 0 aromatic carbocycles. The van der Waals surface area contributed by atoms with Crippen molar-refractivity contribution in [2.45, 2.75) is 39.7 Å². The van der Waals surface area contributed by atoms with Crippen LogP contribution < -0.4 is 0 Å². The average Bonchev–Trinajstić information content (AvgIpc) is 1.98. The van der Waals surface area contributed by atoms with Crippen LogP contribution in [0.5, 0.6) is 0 Å². The summed E-state index contributed by atoms with van der Waals surface area (Å²) in [6, 6.07) is 0.667. The number of carbonyl (C=O) groups is 2. The summed E-state index contributed by atoms with van der Waals surface area (Å²) < 4.78 is 9.77. The van der Waals surface area contributed by atoms with Gasteiger partial charge in [-0.05, 0) is 6.42 Å². The number of unbranched alkanes of at least 4 members (excludes halogenated alkanes) is 1. The Kier molecular flexibility index (Phi) is 6.22. The molecular formula is C8H15O4Si. The van der Waals surface area contributed by atoms with Gasteiger partial charge in [0.05, 0.1) is 0 Å². The van der Waals surface area contributed by atoms with E-state index < -0.39 is 9.28 Å². The third-order valence-corrected chi connectivity index (χ3v) is 3.04. The van der Waals surface area contributed by atoms with E-state index in [1.165, 1.54) is 13.8 Å². The standard InChI is InChI=1S/C8H15O4Si/c1-4-5-6-13(11-7(2)9)12-8(3)10/h4-6H2,1-3H3. The van der Waals surface area contributed by atoms with E-state index in [0.717, 1.165) is 12.8 Å². The summed E-state index contributed by atoms with van der Waals surface area (Å²) in [5.74, 6) is -0.766. The third kappa shape index (κ3) is 7.52. The van der Waals surface area contributed by atoms with E-state index >= 15 is 0 Å². The van der Waals surface area contributed by atoms with Gasteiger partial charge in [0.15, 0.2) is 0 Å². The van der Waals surface area contributed by atoms with Crippen molar-refractivity contribution in [3.8, 4) is 0 Å². The van der Waals surface area contributed by atoms with Crippen LogP contribution in [-0.2, 0) is 18.4 Å². The minimum absolute atomic E-state index is 0.383. The summed E-state index contributed by atoms with van der Waals surface area (Å²) in [6.45, 7) is 4.67. The molecule has 0 N–H and O–H groups in total. The Balaban J connectivity index is 3.87. The predicted molar refractivity (Wildman–Crippen MR) is 49.0 cm³/mol. The molecule has 0 bridgehead atoms. The number of rotatable bonds is 5. The van der Waals surface area contributed by atoms with E-state index in [4.69, 9.17) is 8.85 Å². The molecule has 1 radical (unpaired) electrons. The summed E-state index contributed by atoms with van der Waals surface area (Å²) >= 11 is 0. The molecule has 0 aromatic rings. The summed E-state index contributed by atoms with van der Waals surface area (Å²) in [5, 5.41) is 0. The zero-order valence-corrected chi connectivity index (χ0v) is 9.25. The van der Waals surface area contributed by atoms with Gasteiger partial charge in [0.1, 0.15) is 0 Å². The number of hydrogen-bond acceptors (Lipinski definition) is 4. The van der Waals surface area contributed by atoms with Crippen LogP contribution in [0.25, 0.3) is 0 Å². The van der Waals surface area contributed by atoms with Gasteiger partial charge in [-0.25, -0.2) is 0 Å². The molecule has 0 aliphatic rings. The van der Waals surface area contributed by atoms with Gasteiger partial charge in [0.25, 0.3) is 11.9 Å². The van der Waals surface area contributed by atoms with Crippen molar-refractivity contribution < 1.29 is 18.4 Å². The molecule has 5 heteroatoms. The first-order chi connectivity index (χ1) is 6.06. The van der Waals surface area contributed by atoms with Gasteiger partial charge in [-0.1, -0.05) is 13.3 Å². The van der Waals surface area contributed by atoms with E-state index in [9.17, 15) is 9.59 Å². The van der Waals surface area contributed by atoms with Gasteiger partial charge in [-0.15, -0.1) is 0 Å². The highest BCUT2D eigenvalue weighted by Crippen LogP contribution is 2.04. The number of carbonyl (C=O) groups excluding carboxylic acids is 2. The molecule has 13 heavy (non-hydrogen) atoms. The maximum Gasteiger partial charge on any atom is 0.536 e. The van der Waals surface area contributed by atoms with Crippen LogP contribution in [0.3, 0.4) is 0 Å². The lowest BCUT2D eigenvalue weighted by Crippen LogP contribution is -2.27. The Morgan fingerprint density at radius 3 is 1.92 bits per heavy atom. The molecule has 0 aliphatic carbocycles. The van der Waals surface area contributed by atoms with Gasteiger partial charge < -0.3 is 8.85 Å². The quantitative estimate of drug-likeness (QED) is 0.634. The van der Waals surface area contributed by atoms with E-state index in [-0.39, 0.29) is 11.9 Å². The summed E-state index contributed by atoms with van der Waals surface area (Å²) in [7, 11) is -1.71. The minimum atomic E-state index is -1.71. The van der Waals surface area contributed by atoms with E-state index in [2.05, 4.69) is 0 Å². The molecule has 0 atom stereocenters. The maximum atomic E-state index is 10.6. The zero-order chi connectivity index (χ0) is 10.3. The zero-order valence-electron chi connectivity index (χ0n) is 8.25. The van der Waals surface area contributed by atoms with E-state index in [1.807, 2.05) is 6.92 Å². The molecule has 4 nitrogen and oxygen atoms in total. The van der Waals surface area contributed by atoms with Gasteiger partial charge in [-0.2, -0.15) is 0 Å². The minimum Gasteiger partial charge on any atom is -0.483 e. The van der Waals surface area contributed by atoms with Gasteiger partial charge >= 0.3 is 9.28 Å². The number of hydrogen-bond donors (Lipinski definition) is 0. The van der Waals surface area contributed by atoms with Crippen molar-refractivity contribution in [1.29, 1.82) is 0 Å². The van der Waals surface area contributed by atoms with E-state index in [0.29, 0.717) is 6.04 Å². The second-order valence-electron chi connectivity index (χ2n) is 2.66. The first kappa shape index (κ1) is 12.2. The second-order valence-corrected chi connectivity index (χ2v) is 4.32. The first-order valence-corrected chi connectivity index (χ1v) is 5.81. The van der Waals surface area contributed by atoms with Crippen LogP contribution in [0.2, 0.25) is 6.04 Å². The van der Waals surface area contributed by atoms with Crippen LogP contribution in [0.1, 0.15) is 33.6 Å². The van der Waals surface area contributed by atoms with Gasteiger partial charge in [0, 0.05) is 19.9 Å². The molecule has 0 fully saturated rings. The predicted octanol–water partition coefficient (Wildman–Crippen LogP) is 1.40. The Morgan fingerprint density at radius 2 is 1.62 bits per heavy atom. The van der Waals surface area contributed by atoms with E-state index in [1.54, 1.807) is 0 Å². The molecule has 0 amide bonds. The topological polar surface area (TPSA) is 52.6 Å². The Morgan fingerprint density at radius 1 is 1.15 bits per heavy atom. The fraction of sp³-hybridized carbons (Fsp3) is 0.750. The smallest absolute Gasteiger partial charge is 0.483 e. The molecule has 75 valence electrons. The van der Waals surface area contributed by atoms with Crippen LogP contribution in [-0.4, -0.2) is 21.2 Å². The molecule has 0 saturated carbocycles. The Labute approximate surface area is 80.1 Å². The SMILES string of the molecule is CCCC[Si](OC(C)=O)OC(C)=O. The molecule has 0 saturated heterocycles. The normalized spacial score (nSPS) is 9.85. The van der Waals surface area contributed by atoms with Crippen molar-refractivity contribution in [2.75, 3.05) is 0 Å². The third-order valence-electron chi connectivity index (χ3n) is 1.25. The molecule has 0 heterocycles. The molecule has 0 aromatic heterocycles. The van der Waals surface area contributed by atoms with Crippen molar-refractivity contribution in [3.63, 3.8) is 0 Å². The van der Waals surface area contributed by atoms with Gasteiger partial charge in [-0.3, -0.25) is 9.59 Å². The van der Waals surface area contributed by atoms with Crippen LogP contribution in [0.4, 0.5) is 0 Å². The lowest BCUT2D eigenvalue weighted by Gasteiger charge is -2.11. The summed E-state index contributed by atoms with van der Waals surface area (Å²) in [4.78, 5) is 21.2. The largest absolute Gasteiger partial charge is 0.536 e. The summed E-state index contributed by atoms with van der Waals surface area (Å²) in [6.07, 6.45) is 1.91. The highest BCUT2D eigenvalue weighted by molar-refractivity contribution is 6.48. The van der Waals surface area contributed by atoms with Crippen molar-refractivity contribution in [1.82, 2.24) is 0 Å². The maximum absolute atomic E-state index is 10.6. The Bertz CT molecular complexity index is 165. The monoisotopic (exact) mass is 203 g/mol. The molecular weight excluding hydrogens is 188 g/mol. The average molecular weight is 203 g/mol. The lowest BCUT2D eigenvalue weighted by molar-refractivity contribution is -0.137. The van der Waals surface area contributed by atoms with Crippen LogP contribution in [0.15, 0.2) is 0 Å². The fourth-order valence-electron chi connectivity index (χ4n) is 0.765. The van der Waals surface area contributed by atoms with Crippen LogP contribution in [0, 0.1) is 0 Å². The molecule has 0 unspecified atom stereocenters. The summed E-state index contributed by atoms with van der Waals surface area (Å²) in [5.41, 5.74) is 0. The van der Waals surface area contributed by atoms with Crippen molar-refractivity contribution in [3.05, 3.63) is 0 Å². The van der Waals surface area contributed by atoms with Crippen LogP contribution >= 0.6 is 0 Å². The first-order valence-electron chi connectivity index (χ1n) is 4.29. The Hall–Kier alpha value is -0.843. The fourth-order valence-corrected chi connectivity index (χ4v) is 2.29. The highest BCUT2D eigenvalue weighted by Gasteiger charge is 2.22. The molecule has 0 aliphatic heterocycles. The second kappa shape index (κ2) is 6.65.